The van der Waals surface area contributed by atoms with Crippen LogP contribution >= 0.6 is 0 Å². The standard InChI is InChI=1S/C12H17NO/c1-8-4-3-5-10-6-11(9(2)13)7-14-12(8)10/h3-5,9,11H,6-7,13H2,1-2H3. The molecule has 2 N–H and O–H groups in total. The molecule has 76 valence electrons. The highest BCUT2D eigenvalue weighted by Crippen LogP contribution is 2.30. The Bertz CT molecular complexity index is 333. The van der Waals surface area contributed by atoms with Crippen molar-refractivity contribution in [1.82, 2.24) is 0 Å². The van der Waals surface area contributed by atoms with Gasteiger partial charge in [0.2, 0.25) is 0 Å². The summed E-state index contributed by atoms with van der Waals surface area (Å²) in [6.45, 7) is 4.90. The molecule has 2 unspecified atom stereocenters. The second-order valence-corrected chi connectivity index (χ2v) is 4.20. The summed E-state index contributed by atoms with van der Waals surface area (Å²) in [7, 11) is 0. The van der Waals surface area contributed by atoms with E-state index in [1.54, 1.807) is 0 Å². The zero-order chi connectivity index (χ0) is 10.1. The fraction of sp³-hybridized carbons (Fsp3) is 0.500. The van der Waals surface area contributed by atoms with Crippen molar-refractivity contribution in [1.29, 1.82) is 0 Å². The van der Waals surface area contributed by atoms with E-state index in [9.17, 15) is 0 Å². The van der Waals surface area contributed by atoms with E-state index in [1.165, 1.54) is 11.1 Å². The highest BCUT2D eigenvalue weighted by atomic mass is 16.5. The van der Waals surface area contributed by atoms with E-state index < -0.39 is 0 Å². The Kier molecular flexibility index (Phi) is 2.46. The highest BCUT2D eigenvalue weighted by molar-refractivity contribution is 5.42. The van der Waals surface area contributed by atoms with Crippen molar-refractivity contribution in [2.24, 2.45) is 11.7 Å². The molecule has 2 heteroatoms. The van der Waals surface area contributed by atoms with Crippen LogP contribution in [0.5, 0.6) is 5.75 Å². The van der Waals surface area contributed by atoms with Crippen molar-refractivity contribution in [3.63, 3.8) is 0 Å². The van der Waals surface area contributed by atoms with Crippen LogP contribution in [0, 0.1) is 12.8 Å². The van der Waals surface area contributed by atoms with Crippen LogP contribution in [0.1, 0.15) is 18.1 Å². The molecule has 1 aromatic rings. The van der Waals surface area contributed by atoms with Crippen molar-refractivity contribution >= 4 is 0 Å². The van der Waals surface area contributed by atoms with E-state index in [4.69, 9.17) is 10.5 Å². The van der Waals surface area contributed by atoms with E-state index in [0.717, 1.165) is 18.8 Å². The minimum absolute atomic E-state index is 0.212. The fourth-order valence-corrected chi connectivity index (χ4v) is 1.95. The summed E-state index contributed by atoms with van der Waals surface area (Å²) in [5.74, 6) is 1.54. The van der Waals surface area contributed by atoms with Gasteiger partial charge < -0.3 is 10.5 Å². The van der Waals surface area contributed by atoms with Gasteiger partial charge in [-0.1, -0.05) is 18.2 Å². The van der Waals surface area contributed by atoms with E-state index in [0.29, 0.717) is 5.92 Å². The number of rotatable bonds is 1. The van der Waals surface area contributed by atoms with Crippen LogP contribution in [0.25, 0.3) is 0 Å². The van der Waals surface area contributed by atoms with Gasteiger partial charge in [0.25, 0.3) is 0 Å². The first-order chi connectivity index (χ1) is 6.68. The van der Waals surface area contributed by atoms with Gasteiger partial charge in [0.15, 0.2) is 0 Å². The molecule has 0 saturated heterocycles. The number of hydrogen-bond donors (Lipinski definition) is 1. The monoisotopic (exact) mass is 191 g/mol. The normalized spacial score (nSPS) is 22.4. The first-order valence-electron chi connectivity index (χ1n) is 5.15. The smallest absolute Gasteiger partial charge is 0.125 e. The van der Waals surface area contributed by atoms with E-state index >= 15 is 0 Å². The van der Waals surface area contributed by atoms with Gasteiger partial charge in [0.1, 0.15) is 5.75 Å². The van der Waals surface area contributed by atoms with Crippen molar-refractivity contribution in [2.75, 3.05) is 6.61 Å². The number of aryl methyl sites for hydroxylation is 1. The molecule has 2 rings (SSSR count). The molecule has 2 nitrogen and oxygen atoms in total. The minimum atomic E-state index is 0.212. The second-order valence-electron chi connectivity index (χ2n) is 4.20. The van der Waals surface area contributed by atoms with E-state index in [1.807, 2.05) is 0 Å². The Hall–Kier alpha value is -1.02. The molecule has 0 radical (unpaired) electrons. The van der Waals surface area contributed by atoms with Crippen LogP contribution in [0.2, 0.25) is 0 Å². The number of benzene rings is 1. The molecular weight excluding hydrogens is 174 g/mol. The lowest BCUT2D eigenvalue weighted by Crippen LogP contribution is -2.35. The molecule has 0 fully saturated rings. The van der Waals surface area contributed by atoms with E-state index in [-0.39, 0.29) is 6.04 Å². The first-order valence-corrected chi connectivity index (χ1v) is 5.15. The second kappa shape index (κ2) is 3.62. The van der Waals surface area contributed by atoms with Crippen molar-refractivity contribution in [2.45, 2.75) is 26.3 Å². The lowest BCUT2D eigenvalue weighted by Gasteiger charge is -2.28. The maximum atomic E-state index is 5.88. The third kappa shape index (κ3) is 1.62. The SMILES string of the molecule is Cc1cccc2c1OCC(C(C)N)C2. The Balaban J connectivity index is 2.27. The molecular formula is C12H17NO. The van der Waals surface area contributed by atoms with Crippen molar-refractivity contribution in [3.05, 3.63) is 29.3 Å². The molecule has 1 aromatic carbocycles. The zero-order valence-corrected chi connectivity index (χ0v) is 8.79. The van der Waals surface area contributed by atoms with Gasteiger partial charge in [-0.2, -0.15) is 0 Å². The molecule has 0 aromatic heterocycles. The molecule has 0 amide bonds. The highest BCUT2D eigenvalue weighted by Gasteiger charge is 2.23. The summed E-state index contributed by atoms with van der Waals surface area (Å²) in [5, 5.41) is 0. The van der Waals surface area contributed by atoms with Crippen LogP contribution in [-0.2, 0) is 6.42 Å². The lowest BCUT2D eigenvalue weighted by molar-refractivity contribution is 0.203. The quantitative estimate of drug-likeness (QED) is 0.735. The van der Waals surface area contributed by atoms with Crippen molar-refractivity contribution in [3.8, 4) is 5.75 Å². The number of ether oxygens (including phenoxy) is 1. The van der Waals surface area contributed by atoms with Crippen LogP contribution in [0.3, 0.4) is 0 Å². The number of para-hydroxylation sites is 1. The number of fused-ring (bicyclic) bond motifs is 1. The average molecular weight is 191 g/mol. The molecule has 0 aliphatic carbocycles. The Morgan fingerprint density at radius 1 is 1.50 bits per heavy atom. The first kappa shape index (κ1) is 9.53. The Labute approximate surface area is 85.1 Å². The molecule has 0 bridgehead atoms. The zero-order valence-electron chi connectivity index (χ0n) is 8.79. The average Bonchev–Trinajstić information content (AvgIpc) is 2.17. The molecule has 0 spiro atoms. The fourth-order valence-electron chi connectivity index (χ4n) is 1.95. The van der Waals surface area contributed by atoms with Gasteiger partial charge in [-0.05, 0) is 31.4 Å². The van der Waals surface area contributed by atoms with Crippen LogP contribution < -0.4 is 10.5 Å². The van der Waals surface area contributed by atoms with Gasteiger partial charge in [-0.15, -0.1) is 0 Å². The van der Waals surface area contributed by atoms with Gasteiger partial charge in [0, 0.05) is 12.0 Å². The summed E-state index contributed by atoms with van der Waals surface area (Å²) in [5.41, 5.74) is 8.41. The molecule has 1 aliphatic rings. The predicted octanol–water partition coefficient (Wildman–Crippen LogP) is 1.89. The van der Waals surface area contributed by atoms with Crippen LogP contribution in [0.4, 0.5) is 0 Å². The van der Waals surface area contributed by atoms with Crippen molar-refractivity contribution < 1.29 is 4.74 Å². The Morgan fingerprint density at radius 2 is 2.29 bits per heavy atom. The van der Waals surface area contributed by atoms with E-state index in [2.05, 4.69) is 32.0 Å². The van der Waals surface area contributed by atoms with Gasteiger partial charge in [-0.25, -0.2) is 0 Å². The summed E-state index contributed by atoms with van der Waals surface area (Å²) < 4.78 is 5.75. The van der Waals surface area contributed by atoms with Gasteiger partial charge in [-0.3, -0.25) is 0 Å². The van der Waals surface area contributed by atoms with Crippen LogP contribution in [0.15, 0.2) is 18.2 Å². The summed E-state index contributed by atoms with van der Waals surface area (Å²) in [4.78, 5) is 0. The third-order valence-corrected chi connectivity index (χ3v) is 2.96. The predicted molar refractivity (Wildman–Crippen MR) is 57.5 cm³/mol. The third-order valence-electron chi connectivity index (χ3n) is 2.96. The molecule has 1 aliphatic heterocycles. The van der Waals surface area contributed by atoms with Gasteiger partial charge >= 0.3 is 0 Å². The summed E-state index contributed by atoms with van der Waals surface area (Å²) in [6, 6.07) is 6.52. The molecule has 2 atom stereocenters. The van der Waals surface area contributed by atoms with Crippen LogP contribution in [-0.4, -0.2) is 12.6 Å². The lowest BCUT2D eigenvalue weighted by atomic mass is 9.91. The summed E-state index contributed by atoms with van der Waals surface area (Å²) in [6.07, 6.45) is 1.05. The molecule has 0 saturated carbocycles. The number of nitrogens with two attached hydrogens (primary N) is 1. The largest absolute Gasteiger partial charge is 0.493 e. The maximum Gasteiger partial charge on any atom is 0.125 e. The number of hydrogen-bond acceptors (Lipinski definition) is 2. The summed E-state index contributed by atoms with van der Waals surface area (Å²) >= 11 is 0. The molecule has 1 heterocycles. The molecule has 14 heavy (non-hydrogen) atoms. The van der Waals surface area contributed by atoms with Gasteiger partial charge in [0.05, 0.1) is 6.61 Å². The topological polar surface area (TPSA) is 35.2 Å². The maximum absolute atomic E-state index is 5.88. The minimum Gasteiger partial charge on any atom is -0.493 e. The Morgan fingerprint density at radius 3 is 3.00 bits per heavy atom.